The van der Waals surface area contributed by atoms with Crippen molar-refractivity contribution in [2.75, 3.05) is 14.1 Å². The zero-order valence-corrected chi connectivity index (χ0v) is 9.15. The molecule has 1 aliphatic heterocycles. The number of aromatic nitrogens is 1. The third kappa shape index (κ3) is 1.90. The number of pyridine rings is 1. The SMILES string of the molecule is CN(C)C1OC1c1ccc(Br)cn1. The normalized spacial score (nSPS) is 26.5. The van der Waals surface area contributed by atoms with Gasteiger partial charge in [0.05, 0.1) is 5.69 Å². The molecule has 1 aliphatic rings. The Morgan fingerprint density at radius 1 is 1.46 bits per heavy atom. The van der Waals surface area contributed by atoms with Crippen molar-refractivity contribution >= 4 is 15.9 Å². The van der Waals surface area contributed by atoms with Crippen molar-refractivity contribution in [3.8, 4) is 0 Å². The van der Waals surface area contributed by atoms with E-state index in [0.29, 0.717) is 0 Å². The summed E-state index contributed by atoms with van der Waals surface area (Å²) >= 11 is 3.35. The standard InChI is InChI=1S/C9H11BrN2O/c1-12(2)9-8(13-9)7-4-3-6(10)5-11-7/h3-5,8-9H,1-2H3. The molecule has 0 aromatic carbocycles. The second kappa shape index (κ2) is 3.36. The molecule has 2 heterocycles. The van der Waals surface area contributed by atoms with Gasteiger partial charge in [0, 0.05) is 10.7 Å². The fourth-order valence-corrected chi connectivity index (χ4v) is 1.50. The summed E-state index contributed by atoms with van der Waals surface area (Å²) in [5.41, 5.74) is 1.00. The van der Waals surface area contributed by atoms with Crippen molar-refractivity contribution in [3.05, 3.63) is 28.5 Å². The highest BCUT2D eigenvalue weighted by Gasteiger charge is 2.42. The van der Waals surface area contributed by atoms with Crippen LogP contribution in [0.3, 0.4) is 0 Å². The molecule has 0 spiro atoms. The molecule has 0 N–H and O–H groups in total. The van der Waals surface area contributed by atoms with Gasteiger partial charge in [0.25, 0.3) is 0 Å². The Morgan fingerprint density at radius 2 is 2.23 bits per heavy atom. The summed E-state index contributed by atoms with van der Waals surface area (Å²) in [5.74, 6) is 0. The first-order valence-corrected chi connectivity index (χ1v) is 4.91. The van der Waals surface area contributed by atoms with Crippen molar-refractivity contribution in [2.24, 2.45) is 0 Å². The van der Waals surface area contributed by atoms with E-state index in [-0.39, 0.29) is 12.3 Å². The molecule has 0 amide bonds. The predicted molar refractivity (Wildman–Crippen MR) is 53.2 cm³/mol. The van der Waals surface area contributed by atoms with Crippen molar-refractivity contribution in [3.63, 3.8) is 0 Å². The van der Waals surface area contributed by atoms with Gasteiger partial charge in [0.15, 0.2) is 0 Å². The van der Waals surface area contributed by atoms with E-state index in [2.05, 4.69) is 20.9 Å². The molecule has 1 aromatic rings. The van der Waals surface area contributed by atoms with Crippen LogP contribution >= 0.6 is 15.9 Å². The van der Waals surface area contributed by atoms with Gasteiger partial charge in [0.1, 0.15) is 12.3 Å². The van der Waals surface area contributed by atoms with E-state index in [1.165, 1.54) is 0 Å². The van der Waals surface area contributed by atoms with Crippen LogP contribution in [0.1, 0.15) is 11.8 Å². The Bertz CT molecular complexity index is 299. The topological polar surface area (TPSA) is 28.7 Å². The third-order valence-corrected chi connectivity index (χ3v) is 2.49. The van der Waals surface area contributed by atoms with Gasteiger partial charge < -0.3 is 4.74 Å². The van der Waals surface area contributed by atoms with Crippen LogP contribution in [0.5, 0.6) is 0 Å². The summed E-state index contributed by atoms with van der Waals surface area (Å²) < 4.78 is 6.45. The number of hydrogen-bond acceptors (Lipinski definition) is 3. The zero-order valence-electron chi connectivity index (χ0n) is 7.57. The Hall–Kier alpha value is -0.450. The average Bonchev–Trinajstić information content (AvgIpc) is 2.85. The minimum atomic E-state index is 0.156. The number of nitrogens with zero attached hydrogens (tertiary/aromatic N) is 2. The minimum absolute atomic E-state index is 0.156. The summed E-state index contributed by atoms with van der Waals surface area (Å²) in [4.78, 5) is 6.32. The Balaban J connectivity index is 2.08. The number of likely N-dealkylation sites (N-methyl/N-ethyl adjacent to an activating group) is 1. The molecule has 70 valence electrons. The van der Waals surface area contributed by atoms with E-state index in [1.54, 1.807) is 6.20 Å². The predicted octanol–water partition coefficient (Wildman–Crippen LogP) is 1.80. The van der Waals surface area contributed by atoms with Crippen molar-refractivity contribution < 1.29 is 4.74 Å². The monoisotopic (exact) mass is 242 g/mol. The zero-order chi connectivity index (χ0) is 9.42. The second-order valence-corrected chi connectivity index (χ2v) is 4.23. The third-order valence-electron chi connectivity index (χ3n) is 2.02. The summed E-state index contributed by atoms with van der Waals surface area (Å²) in [7, 11) is 4.01. The molecule has 2 atom stereocenters. The first kappa shape index (κ1) is 9.12. The molecule has 1 fully saturated rings. The van der Waals surface area contributed by atoms with Crippen LogP contribution in [0.2, 0.25) is 0 Å². The fraction of sp³-hybridized carbons (Fsp3) is 0.444. The van der Waals surface area contributed by atoms with Gasteiger partial charge in [-0.05, 0) is 42.2 Å². The maximum atomic E-state index is 5.45. The summed E-state index contributed by atoms with van der Waals surface area (Å²) in [5, 5.41) is 0. The maximum absolute atomic E-state index is 5.45. The molecule has 3 nitrogen and oxygen atoms in total. The van der Waals surface area contributed by atoms with E-state index in [1.807, 2.05) is 31.1 Å². The molecule has 2 unspecified atom stereocenters. The number of hydrogen-bond donors (Lipinski definition) is 0. The number of halogens is 1. The first-order chi connectivity index (χ1) is 6.18. The van der Waals surface area contributed by atoms with Crippen molar-refractivity contribution in [1.82, 2.24) is 9.88 Å². The van der Waals surface area contributed by atoms with Crippen LogP contribution in [0.25, 0.3) is 0 Å². The minimum Gasteiger partial charge on any atom is -0.346 e. The fourth-order valence-electron chi connectivity index (χ4n) is 1.27. The van der Waals surface area contributed by atoms with E-state index >= 15 is 0 Å². The van der Waals surface area contributed by atoms with Gasteiger partial charge in [-0.15, -0.1) is 0 Å². The Labute approximate surface area is 85.8 Å². The highest BCUT2D eigenvalue weighted by molar-refractivity contribution is 9.10. The van der Waals surface area contributed by atoms with Crippen LogP contribution in [-0.2, 0) is 4.74 Å². The molecule has 0 aliphatic carbocycles. The Kier molecular flexibility index (Phi) is 2.36. The molecule has 0 bridgehead atoms. The molecule has 13 heavy (non-hydrogen) atoms. The van der Waals surface area contributed by atoms with Gasteiger partial charge in [-0.2, -0.15) is 0 Å². The quantitative estimate of drug-likeness (QED) is 0.741. The van der Waals surface area contributed by atoms with Crippen LogP contribution < -0.4 is 0 Å². The molecule has 2 rings (SSSR count). The lowest BCUT2D eigenvalue weighted by Crippen LogP contribution is -2.16. The molecule has 1 saturated heterocycles. The van der Waals surface area contributed by atoms with Gasteiger partial charge in [0.2, 0.25) is 0 Å². The van der Waals surface area contributed by atoms with Crippen molar-refractivity contribution in [1.29, 1.82) is 0 Å². The van der Waals surface area contributed by atoms with Crippen molar-refractivity contribution in [2.45, 2.75) is 12.3 Å². The van der Waals surface area contributed by atoms with Crippen LogP contribution in [0.15, 0.2) is 22.8 Å². The second-order valence-electron chi connectivity index (χ2n) is 3.31. The highest BCUT2D eigenvalue weighted by atomic mass is 79.9. The lowest BCUT2D eigenvalue weighted by molar-refractivity contribution is 0.244. The molecule has 0 saturated carbocycles. The number of epoxide rings is 1. The lowest BCUT2D eigenvalue weighted by atomic mass is 10.2. The van der Waals surface area contributed by atoms with Gasteiger partial charge in [-0.1, -0.05) is 0 Å². The van der Waals surface area contributed by atoms with Gasteiger partial charge in [-0.3, -0.25) is 9.88 Å². The van der Waals surface area contributed by atoms with Crippen LogP contribution in [0, 0.1) is 0 Å². The largest absolute Gasteiger partial charge is 0.346 e. The van der Waals surface area contributed by atoms with E-state index in [0.717, 1.165) is 10.2 Å². The smallest absolute Gasteiger partial charge is 0.143 e. The lowest BCUT2D eigenvalue weighted by Gasteiger charge is -2.03. The molecular formula is C9H11BrN2O. The van der Waals surface area contributed by atoms with Gasteiger partial charge >= 0.3 is 0 Å². The van der Waals surface area contributed by atoms with E-state index < -0.39 is 0 Å². The Morgan fingerprint density at radius 3 is 2.69 bits per heavy atom. The summed E-state index contributed by atoms with van der Waals surface area (Å²) in [6, 6.07) is 3.97. The molecule has 1 aromatic heterocycles. The number of rotatable bonds is 2. The van der Waals surface area contributed by atoms with Gasteiger partial charge in [-0.25, -0.2) is 0 Å². The average molecular weight is 243 g/mol. The highest BCUT2D eigenvalue weighted by Crippen LogP contribution is 2.38. The molecule has 4 heteroatoms. The molecule has 0 radical (unpaired) electrons. The number of ether oxygens (including phenoxy) is 1. The van der Waals surface area contributed by atoms with Crippen LogP contribution in [0.4, 0.5) is 0 Å². The summed E-state index contributed by atoms with van der Waals surface area (Å²) in [6.45, 7) is 0. The molecular weight excluding hydrogens is 232 g/mol. The summed E-state index contributed by atoms with van der Waals surface area (Å²) in [6.07, 6.45) is 2.15. The van der Waals surface area contributed by atoms with Crippen LogP contribution in [-0.4, -0.2) is 30.2 Å². The maximum Gasteiger partial charge on any atom is 0.143 e. The van der Waals surface area contributed by atoms with E-state index in [9.17, 15) is 0 Å². The van der Waals surface area contributed by atoms with E-state index in [4.69, 9.17) is 4.74 Å². The first-order valence-electron chi connectivity index (χ1n) is 4.12.